The standard InChI is InChI=1S/C36H26Cl4N2O6/c1-11(2)13-6-5-7-14(12(3)4)21(13)29-31(34(42)44)23-15(33(41)43)8-18(37)25-24-19(38)9-16(35(45)46)22-17(36(47)48)10-20(39)26(27(22)24)30(28(23)25)32(29)40/h5-12H,1-4H3,(H2,41,43)(H2,42,44)(H,45,46)(H,47,48). The van der Waals surface area contributed by atoms with Gasteiger partial charge < -0.3 is 21.7 Å². The molecular formula is C36H26Cl4N2O6. The van der Waals surface area contributed by atoms with Gasteiger partial charge in [-0.25, -0.2) is 9.59 Å². The number of aromatic carboxylic acids is 2. The lowest BCUT2D eigenvalue weighted by Gasteiger charge is -2.27. The van der Waals surface area contributed by atoms with E-state index in [-0.39, 0.29) is 91.7 Å². The van der Waals surface area contributed by atoms with E-state index in [0.29, 0.717) is 5.56 Å². The number of nitrogens with two attached hydrogens (primary N) is 2. The van der Waals surface area contributed by atoms with Crippen molar-refractivity contribution in [2.75, 3.05) is 0 Å². The van der Waals surface area contributed by atoms with Gasteiger partial charge in [-0.15, -0.1) is 0 Å². The maximum atomic E-state index is 13.7. The van der Waals surface area contributed by atoms with Gasteiger partial charge in [0.15, 0.2) is 0 Å². The predicted octanol–water partition coefficient (Wildman–Crippen LogP) is 9.86. The molecule has 0 atom stereocenters. The maximum absolute atomic E-state index is 13.7. The van der Waals surface area contributed by atoms with Gasteiger partial charge in [-0.05, 0) is 46.7 Å². The van der Waals surface area contributed by atoms with Crippen molar-refractivity contribution in [3.63, 3.8) is 0 Å². The molecule has 244 valence electrons. The third kappa shape index (κ3) is 4.65. The van der Waals surface area contributed by atoms with Crippen molar-refractivity contribution in [1.29, 1.82) is 0 Å². The summed E-state index contributed by atoms with van der Waals surface area (Å²) in [6, 6.07) is 9.27. The van der Waals surface area contributed by atoms with Crippen LogP contribution in [0, 0.1) is 0 Å². The van der Waals surface area contributed by atoms with Gasteiger partial charge in [0.05, 0.1) is 21.7 Å². The molecule has 0 saturated carbocycles. The van der Waals surface area contributed by atoms with Crippen molar-refractivity contribution in [1.82, 2.24) is 0 Å². The molecule has 0 aliphatic rings. The van der Waals surface area contributed by atoms with Crippen LogP contribution in [-0.2, 0) is 0 Å². The molecule has 0 spiro atoms. The molecule has 6 aromatic rings. The minimum atomic E-state index is -1.44. The normalized spacial score (nSPS) is 12.0. The Morgan fingerprint density at radius 1 is 0.562 bits per heavy atom. The third-order valence-corrected chi connectivity index (χ3v) is 10.1. The number of amides is 2. The number of primary amides is 2. The predicted molar refractivity (Wildman–Crippen MR) is 192 cm³/mol. The zero-order valence-electron chi connectivity index (χ0n) is 25.8. The third-order valence-electron chi connectivity index (χ3n) is 8.87. The van der Waals surface area contributed by atoms with Crippen LogP contribution in [0.5, 0.6) is 0 Å². The van der Waals surface area contributed by atoms with Crippen molar-refractivity contribution in [3.8, 4) is 11.1 Å². The first-order chi connectivity index (χ1) is 22.5. The number of halogens is 4. The van der Waals surface area contributed by atoms with E-state index < -0.39 is 34.9 Å². The molecule has 0 unspecified atom stereocenters. The summed E-state index contributed by atoms with van der Waals surface area (Å²) >= 11 is 28.2. The number of carboxylic acids is 2. The first-order valence-corrected chi connectivity index (χ1v) is 16.2. The summed E-state index contributed by atoms with van der Waals surface area (Å²) in [4.78, 5) is 52.0. The number of carbonyl (C=O) groups is 4. The highest BCUT2D eigenvalue weighted by molar-refractivity contribution is 6.56. The zero-order chi connectivity index (χ0) is 35.3. The molecule has 0 bridgehead atoms. The van der Waals surface area contributed by atoms with Crippen LogP contribution in [0.1, 0.15) is 92.1 Å². The number of rotatable bonds is 7. The van der Waals surface area contributed by atoms with Crippen LogP contribution >= 0.6 is 46.4 Å². The Hall–Kier alpha value is -4.34. The molecule has 0 aliphatic heterocycles. The minimum Gasteiger partial charge on any atom is -0.478 e. The number of benzene rings is 6. The number of carboxylic acid groups (broad SMARTS) is 2. The fourth-order valence-corrected chi connectivity index (χ4v) is 8.29. The Morgan fingerprint density at radius 2 is 0.979 bits per heavy atom. The second-order valence-corrected chi connectivity index (χ2v) is 13.8. The number of hydrogen-bond donors (Lipinski definition) is 4. The second-order valence-electron chi connectivity index (χ2n) is 12.2. The van der Waals surface area contributed by atoms with Crippen molar-refractivity contribution < 1.29 is 29.4 Å². The van der Waals surface area contributed by atoms with Crippen molar-refractivity contribution in [2.45, 2.75) is 39.5 Å². The Kier molecular flexibility index (Phi) is 8.16. The molecule has 6 N–H and O–H groups in total. The van der Waals surface area contributed by atoms with E-state index in [0.717, 1.165) is 23.3 Å². The molecule has 8 nitrogen and oxygen atoms in total. The summed E-state index contributed by atoms with van der Waals surface area (Å²) in [6.07, 6.45) is 0. The number of fused-ring (bicyclic) bond motifs is 2. The second kappa shape index (κ2) is 11.7. The summed E-state index contributed by atoms with van der Waals surface area (Å²) in [6.45, 7) is 7.93. The molecule has 0 saturated heterocycles. The molecule has 0 aliphatic carbocycles. The lowest BCUT2D eigenvalue weighted by Crippen LogP contribution is -2.19. The van der Waals surface area contributed by atoms with Crippen molar-refractivity contribution in [3.05, 3.63) is 89.9 Å². The molecular weight excluding hydrogens is 698 g/mol. The molecule has 0 aromatic heterocycles. The van der Waals surface area contributed by atoms with Gasteiger partial charge in [-0.2, -0.15) is 0 Å². The molecule has 0 fully saturated rings. The van der Waals surface area contributed by atoms with E-state index in [1.54, 1.807) is 0 Å². The number of hydrogen-bond acceptors (Lipinski definition) is 4. The van der Waals surface area contributed by atoms with Crippen LogP contribution in [0.15, 0.2) is 36.4 Å². The summed E-state index contributed by atoms with van der Waals surface area (Å²) in [5, 5.41) is 21.0. The van der Waals surface area contributed by atoms with Crippen molar-refractivity contribution >= 4 is 113 Å². The Bertz CT molecular complexity index is 2420. The highest BCUT2D eigenvalue weighted by Gasteiger charge is 2.34. The van der Waals surface area contributed by atoms with Gasteiger partial charge in [0.2, 0.25) is 11.8 Å². The topological polar surface area (TPSA) is 161 Å². The molecule has 6 aromatic carbocycles. The average molecular weight is 724 g/mol. The van der Waals surface area contributed by atoms with Gasteiger partial charge in [0.25, 0.3) is 0 Å². The van der Waals surface area contributed by atoms with Crippen LogP contribution in [0.3, 0.4) is 0 Å². The van der Waals surface area contributed by atoms with E-state index >= 15 is 0 Å². The van der Waals surface area contributed by atoms with Gasteiger partial charge >= 0.3 is 11.9 Å². The van der Waals surface area contributed by atoms with Gasteiger partial charge in [-0.1, -0.05) is 92.3 Å². The van der Waals surface area contributed by atoms with Gasteiger partial charge in [0, 0.05) is 69.3 Å². The Balaban J connectivity index is 2.14. The monoisotopic (exact) mass is 722 g/mol. The smallest absolute Gasteiger partial charge is 0.336 e. The summed E-state index contributed by atoms with van der Waals surface area (Å²) < 4.78 is 0. The molecule has 0 radical (unpaired) electrons. The van der Waals surface area contributed by atoms with E-state index in [9.17, 15) is 29.4 Å². The fraction of sp³-hybridized carbons (Fsp3) is 0.167. The molecule has 12 heteroatoms. The summed E-state index contributed by atoms with van der Waals surface area (Å²) in [5.41, 5.74) is 13.6. The lowest BCUT2D eigenvalue weighted by atomic mass is 9.78. The largest absolute Gasteiger partial charge is 0.478 e. The van der Waals surface area contributed by atoms with Crippen LogP contribution < -0.4 is 11.5 Å². The van der Waals surface area contributed by atoms with E-state index in [1.807, 2.05) is 45.9 Å². The highest BCUT2D eigenvalue weighted by Crippen LogP contribution is 2.55. The Labute approximate surface area is 293 Å². The molecule has 2 amide bonds. The summed E-state index contributed by atoms with van der Waals surface area (Å²) in [7, 11) is 0. The SMILES string of the molecule is CC(C)c1cccc(C(C)C)c1-c1c(C(N)=O)c2c(C(N)=O)cc(Cl)c3c4c(Cl)cc(C(=O)O)c5c(C(=O)O)cc(Cl)c(c(c1Cl)c23)c54. The first kappa shape index (κ1) is 33.6. The average Bonchev–Trinajstić information content (AvgIpc) is 3.00. The van der Waals surface area contributed by atoms with Crippen LogP contribution in [0.2, 0.25) is 20.1 Å². The molecule has 6 rings (SSSR count). The van der Waals surface area contributed by atoms with E-state index in [2.05, 4.69) is 0 Å². The van der Waals surface area contributed by atoms with Gasteiger partial charge in [0.1, 0.15) is 0 Å². The highest BCUT2D eigenvalue weighted by atomic mass is 35.5. The first-order valence-electron chi connectivity index (χ1n) is 14.7. The minimum absolute atomic E-state index is 0.000914. The maximum Gasteiger partial charge on any atom is 0.336 e. The number of carbonyl (C=O) groups excluding carboxylic acids is 2. The molecule has 0 heterocycles. The van der Waals surface area contributed by atoms with Gasteiger partial charge in [-0.3, -0.25) is 9.59 Å². The van der Waals surface area contributed by atoms with Crippen LogP contribution in [0.25, 0.3) is 54.2 Å². The zero-order valence-corrected chi connectivity index (χ0v) is 28.8. The van der Waals surface area contributed by atoms with Crippen molar-refractivity contribution in [2.24, 2.45) is 11.5 Å². The van der Waals surface area contributed by atoms with Crippen LogP contribution in [0.4, 0.5) is 0 Å². The fourth-order valence-electron chi connectivity index (χ4n) is 7.02. The quantitative estimate of drug-likeness (QED) is 0.0947. The van der Waals surface area contributed by atoms with E-state index in [1.165, 1.54) is 6.07 Å². The van der Waals surface area contributed by atoms with Crippen LogP contribution in [-0.4, -0.2) is 34.0 Å². The molecule has 48 heavy (non-hydrogen) atoms. The lowest BCUT2D eigenvalue weighted by molar-refractivity contribution is 0.0695. The van der Waals surface area contributed by atoms with E-state index in [4.69, 9.17) is 57.9 Å². The Morgan fingerprint density at radius 3 is 1.38 bits per heavy atom. The summed E-state index contributed by atoms with van der Waals surface area (Å²) in [5.74, 6) is -4.83.